The maximum Gasteiger partial charge on any atom is 0.226 e. The van der Waals surface area contributed by atoms with Crippen molar-refractivity contribution in [2.45, 2.75) is 27.3 Å². The van der Waals surface area contributed by atoms with E-state index < -0.39 is 10.0 Å². The summed E-state index contributed by atoms with van der Waals surface area (Å²) in [5.74, 6) is 1.63. The van der Waals surface area contributed by atoms with E-state index in [1.165, 1.54) is 0 Å². The maximum absolute atomic E-state index is 11.9. The van der Waals surface area contributed by atoms with E-state index in [-0.39, 0.29) is 5.75 Å². The maximum atomic E-state index is 11.9. The van der Waals surface area contributed by atoms with Crippen LogP contribution in [0.3, 0.4) is 0 Å². The first-order chi connectivity index (χ1) is 11.9. The van der Waals surface area contributed by atoms with Crippen LogP contribution >= 0.6 is 0 Å². The third kappa shape index (κ3) is 3.94. The van der Waals surface area contributed by atoms with Crippen molar-refractivity contribution in [3.63, 3.8) is 0 Å². The quantitative estimate of drug-likeness (QED) is 0.816. The minimum Gasteiger partial charge on any atom is -0.441 e. The number of hydrogen-bond donors (Lipinski definition) is 0. The molecular weight excluding hydrogens is 338 g/mol. The second kappa shape index (κ2) is 7.27. The van der Waals surface area contributed by atoms with Crippen molar-refractivity contribution in [1.29, 1.82) is 0 Å². The van der Waals surface area contributed by atoms with E-state index >= 15 is 0 Å². The SMILES string of the molecule is CCS(=O)(=O)N1CCN(Cc2nc(-c3ccccc3C)oc2C)CC1. The highest BCUT2D eigenvalue weighted by Crippen LogP contribution is 2.25. The van der Waals surface area contributed by atoms with E-state index in [9.17, 15) is 8.42 Å². The Morgan fingerprint density at radius 1 is 1.12 bits per heavy atom. The van der Waals surface area contributed by atoms with Gasteiger partial charge in [-0.1, -0.05) is 18.2 Å². The highest BCUT2D eigenvalue weighted by Gasteiger charge is 2.26. The van der Waals surface area contributed by atoms with Gasteiger partial charge in [0.25, 0.3) is 0 Å². The van der Waals surface area contributed by atoms with Gasteiger partial charge >= 0.3 is 0 Å². The zero-order chi connectivity index (χ0) is 18.0. The molecule has 1 saturated heterocycles. The Balaban J connectivity index is 1.68. The third-order valence-corrected chi connectivity index (χ3v) is 6.61. The summed E-state index contributed by atoms with van der Waals surface area (Å²) >= 11 is 0. The zero-order valence-corrected chi connectivity index (χ0v) is 15.8. The normalized spacial score (nSPS) is 17.1. The van der Waals surface area contributed by atoms with Crippen LogP contribution in [-0.2, 0) is 16.6 Å². The van der Waals surface area contributed by atoms with Crippen LogP contribution in [0.5, 0.6) is 0 Å². The number of piperazine rings is 1. The molecule has 25 heavy (non-hydrogen) atoms. The fraction of sp³-hybridized carbons (Fsp3) is 0.500. The molecule has 1 aromatic carbocycles. The van der Waals surface area contributed by atoms with Gasteiger partial charge in [-0.25, -0.2) is 13.4 Å². The van der Waals surface area contributed by atoms with Crippen molar-refractivity contribution in [3.05, 3.63) is 41.3 Å². The third-order valence-electron chi connectivity index (χ3n) is 4.73. The fourth-order valence-electron chi connectivity index (χ4n) is 3.06. The molecule has 1 fully saturated rings. The van der Waals surface area contributed by atoms with Gasteiger partial charge in [-0.15, -0.1) is 0 Å². The number of oxazole rings is 1. The highest BCUT2D eigenvalue weighted by atomic mass is 32.2. The van der Waals surface area contributed by atoms with E-state index in [0.29, 0.717) is 38.6 Å². The Bertz CT molecular complexity index is 837. The molecule has 3 rings (SSSR count). The minimum absolute atomic E-state index is 0.162. The summed E-state index contributed by atoms with van der Waals surface area (Å²) in [5, 5.41) is 0. The first-order valence-corrected chi connectivity index (χ1v) is 10.2. The molecule has 1 aliphatic rings. The van der Waals surface area contributed by atoms with Crippen LogP contribution in [0.1, 0.15) is 23.9 Å². The van der Waals surface area contributed by atoms with Gasteiger partial charge < -0.3 is 4.42 Å². The number of aromatic nitrogens is 1. The molecule has 1 aromatic heterocycles. The highest BCUT2D eigenvalue weighted by molar-refractivity contribution is 7.89. The van der Waals surface area contributed by atoms with Gasteiger partial charge in [0.15, 0.2) is 0 Å². The second-order valence-electron chi connectivity index (χ2n) is 6.41. The summed E-state index contributed by atoms with van der Waals surface area (Å²) in [6.45, 7) is 8.85. The van der Waals surface area contributed by atoms with Crippen molar-refractivity contribution in [1.82, 2.24) is 14.2 Å². The Kier molecular flexibility index (Phi) is 5.27. The van der Waals surface area contributed by atoms with Crippen LogP contribution < -0.4 is 0 Å². The van der Waals surface area contributed by atoms with Gasteiger partial charge in [-0.2, -0.15) is 4.31 Å². The topological polar surface area (TPSA) is 66.7 Å². The molecule has 136 valence electrons. The summed E-state index contributed by atoms with van der Waals surface area (Å²) in [4.78, 5) is 6.91. The van der Waals surface area contributed by atoms with E-state index in [2.05, 4.69) is 9.88 Å². The van der Waals surface area contributed by atoms with Gasteiger partial charge in [0, 0.05) is 38.3 Å². The minimum atomic E-state index is -3.09. The van der Waals surface area contributed by atoms with E-state index in [0.717, 1.165) is 22.6 Å². The molecular formula is C18H25N3O3S. The van der Waals surface area contributed by atoms with Crippen LogP contribution in [-0.4, -0.2) is 54.5 Å². The van der Waals surface area contributed by atoms with Crippen LogP contribution in [0.2, 0.25) is 0 Å². The largest absolute Gasteiger partial charge is 0.441 e. The summed E-state index contributed by atoms with van der Waals surface area (Å²) in [7, 11) is -3.09. The predicted octanol–water partition coefficient (Wildman–Crippen LogP) is 2.43. The zero-order valence-electron chi connectivity index (χ0n) is 15.0. The van der Waals surface area contributed by atoms with Crippen molar-refractivity contribution in [3.8, 4) is 11.5 Å². The van der Waals surface area contributed by atoms with Gasteiger partial charge in [0.1, 0.15) is 5.76 Å². The van der Waals surface area contributed by atoms with Gasteiger partial charge in [-0.3, -0.25) is 4.90 Å². The lowest BCUT2D eigenvalue weighted by atomic mass is 10.1. The lowest BCUT2D eigenvalue weighted by molar-refractivity contribution is 0.179. The van der Waals surface area contributed by atoms with Crippen molar-refractivity contribution in [2.75, 3.05) is 31.9 Å². The van der Waals surface area contributed by atoms with E-state index in [1.54, 1.807) is 11.2 Å². The first-order valence-electron chi connectivity index (χ1n) is 8.63. The van der Waals surface area contributed by atoms with Crippen molar-refractivity contribution >= 4 is 10.0 Å². The van der Waals surface area contributed by atoms with E-state index in [4.69, 9.17) is 4.42 Å². The van der Waals surface area contributed by atoms with Crippen LogP contribution in [0.15, 0.2) is 28.7 Å². The summed E-state index contributed by atoms with van der Waals surface area (Å²) in [5.41, 5.74) is 3.06. The number of aryl methyl sites for hydroxylation is 2. The second-order valence-corrected chi connectivity index (χ2v) is 8.67. The molecule has 0 atom stereocenters. The fourth-order valence-corrected chi connectivity index (χ4v) is 4.15. The average Bonchev–Trinajstić information content (AvgIpc) is 2.96. The molecule has 0 bridgehead atoms. The standard InChI is InChI=1S/C18H25N3O3S/c1-4-25(22,23)21-11-9-20(10-12-21)13-17-15(3)24-18(19-17)16-8-6-5-7-14(16)2/h5-8H,4,9-13H2,1-3H3. The average molecular weight is 363 g/mol. The van der Waals surface area contributed by atoms with Gasteiger partial charge in [-0.05, 0) is 32.4 Å². The first kappa shape index (κ1) is 18.1. The molecule has 2 aromatic rings. The Morgan fingerprint density at radius 3 is 2.44 bits per heavy atom. The van der Waals surface area contributed by atoms with Gasteiger partial charge in [0.2, 0.25) is 15.9 Å². The van der Waals surface area contributed by atoms with Crippen LogP contribution in [0.4, 0.5) is 0 Å². The lowest BCUT2D eigenvalue weighted by Gasteiger charge is -2.33. The molecule has 0 N–H and O–H groups in total. The van der Waals surface area contributed by atoms with E-state index in [1.807, 2.05) is 38.1 Å². The Hall–Kier alpha value is -1.70. The molecule has 0 unspecified atom stereocenters. The number of rotatable bonds is 5. The van der Waals surface area contributed by atoms with Crippen LogP contribution in [0, 0.1) is 13.8 Å². The lowest BCUT2D eigenvalue weighted by Crippen LogP contribution is -2.48. The molecule has 2 heterocycles. The Labute approximate surface area is 149 Å². The summed E-state index contributed by atoms with van der Waals surface area (Å²) < 4.78 is 31.3. The smallest absolute Gasteiger partial charge is 0.226 e. The molecule has 0 amide bonds. The molecule has 0 radical (unpaired) electrons. The number of nitrogens with zero attached hydrogens (tertiary/aromatic N) is 3. The molecule has 7 heteroatoms. The summed E-state index contributed by atoms with van der Waals surface area (Å²) in [6.07, 6.45) is 0. The Morgan fingerprint density at radius 2 is 1.80 bits per heavy atom. The van der Waals surface area contributed by atoms with Gasteiger partial charge in [0.05, 0.1) is 11.4 Å². The predicted molar refractivity (Wildman–Crippen MR) is 97.7 cm³/mol. The molecule has 0 spiro atoms. The molecule has 1 aliphatic heterocycles. The number of hydrogen-bond acceptors (Lipinski definition) is 5. The molecule has 0 aliphatic carbocycles. The summed E-state index contributed by atoms with van der Waals surface area (Å²) in [6, 6.07) is 8.04. The van der Waals surface area contributed by atoms with Crippen molar-refractivity contribution in [2.24, 2.45) is 0 Å². The number of benzene rings is 1. The molecule has 6 nitrogen and oxygen atoms in total. The molecule has 0 saturated carbocycles. The monoisotopic (exact) mass is 363 g/mol. The van der Waals surface area contributed by atoms with Crippen molar-refractivity contribution < 1.29 is 12.8 Å². The van der Waals surface area contributed by atoms with Crippen LogP contribution in [0.25, 0.3) is 11.5 Å². The number of sulfonamides is 1.